The average molecular weight is 487 g/mol. The van der Waals surface area contributed by atoms with E-state index in [0.717, 1.165) is 53.6 Å². The Morgan fingerprint density at radius 1 is 1.03 bits per heavy atom. The molecule has 5 heterocycles. The normalized spacial score (nSPS) is 17.4. The van der Waals surface area contributed by atoms with E-state index in [1.165, 1.54) is 0 Å². The van der Waals surface area contributed by atoms with Gasteiger partial charge in [0, 0.05) is 42.2 Å². The number of thiophene rings is 1. The molecule has 0 radical (unpaired) electrons. The Labute approximate surface area is 206 Å². The molecule has 35 heavy (non-hydrogen) atoms. The summed E-state index contributed by atoms with van der Waals surface area (Å²) in [7, 11) is 4.22. The predicted molar refractivity (Wildman–Crippen MR) is 139 cm³/mol. The molecule has 1 aromatic carbocycles. The largest absolute Gasteiger partial charge is 0.352 e. The monoisotopic (exact) mass is 486 g/mol. The van der Waals surface area contributed by atoms with Crippen molar-refractivity contribution in [2.75, 3.05) is 38.6 Å². The molecular formula is C26H26N6O2S. The first-order chi connectivity index (χ1) is 17.0. The van der Waals surface area contributed by atoms with Gasteiger partial charge in [-0.3, -0.25) is 14.9 Å². The van der Waals surface area contributed by atoms with Crippen molar-refractivity contribution in [3.63, 3.8) is 0 Å². The molecule has 0 aliphatic carbocycles. The van der Waals surface area contributed by atoms with E-state index in [1.807, 2.05) is 35.7 Å². The zero-order valence-electron chi connectivity index (χ0n) is 19.7. The van der Waals surface area contributed by atoms with E-state index in [-0.39, 0.29) is 0 Å². The van der Waals surface area contributed by atoms with Crippen molar-refractivity contribution in [2.45, 2.75) is 12.8 Å². The second kappa shape index (κ2) is 8.58. The SMILES string of the molecule is CN(C)CC1CCN(c2nc(C3=C(c4c[nH]c5sccc45)C(=O)NC3=O)c3ccccc3n2)CC1. The number of carbonyl (C=O) groups is 2. The minimum Gasteiger partial charge on any atom is -0.352 e. The maximum Gasteiger partial charge on any atom is 0.261 e. The number of nitrogens with zero attached hydrogens (tertiary/aromatic N) is 4. The van der Waals surface area contributed by atoms with Gasteiger partial charge in [-0.25, -0.2) is 9.97 Å². The average Bonchev–Trinajstić information content (AvgIpc) is 3.53. The van der Waals surface area contributed by atoms with Crippen LogP contribution in [-0.4, -0.2) is 65.4 Å². The predicted octanol–water partition coefficient (Wildman–Crippen LogP) is 3.52. The number of nitrogens with one attached hydrogen (secondary N) is 2. The fraction of sp³-hybridized carbons (Fsp3) is 0.308. The van der Waals surface area contributed by atoms with E-state index < -0.39 is 11.8 Å². The molecule has 0 atom stereocenters. The highest BCUT2D eigenvalue weighted by Crippen LogP contribution is 2.38. The molecule has 0 bridgehead atoms. The van der Waals surface area contributed by atoms with Crippen LogP contribution in [0.3, 0.4) is 0 Å². The molecule has 4 aromatic rings. The van der Waals surface area contributed by atoms with Crippen LogP contribution >= 0.6 is 11.3 Å². The van der Waals surface area contributed by atoms with Gasteiger partial charge in [0.15, 0.2) is 0 Å². The van der Waals surface area contributed by atoms with Gasteiger partial charge in [0.05, 0.1) is 22.4 Å². The maximum absolute atomic E-state index is 13.2. The van der Waals surface area contributed by atoms with Crippen LogP contribution in [0.5, 0.6) is 0 Å². The van der Waals surface area contributed by atoms with Crippen LogP contribution in [0.2, 0.25) is 0 Å². The van der Waals surface area contributed by atoms with Crippen molar-refractivity contribution in [1.29, 1.82) is 0 Å². The number of fused-ring (bicyclic) bond motifs is 2. The third-order valence-corrected chi connectivity index (χ3v) is 7.70. The lowest BCUT2D eigenvalue weighted by Gasteiger charge is -2.33. The molecule has 2 aliphatic rings. The van der Waals surface area contributed by atoms with Crippen molar-refractivity contribution in [1.82, 2.24) is 25.2 Å². The van der Waals surface area contributed by atoms with Crippen molar-refractivity contribution < 1.29 is 9.59 Å². The summed E-state index contributed by atoms with van der Waals surface area (Å²) in [6, 6.07) is 9.65. The van der Waals surface area contributed by atoms with E-state index in [9.17, 15) is 9.59 Å². The van der Waals surface area contributed by atoms with Gasteiger partial charge in [-0.15, -0.1) is 11.3 Å². The Morgan fingerprint density at radius 3 is 2.60 bits per heavy atom. The Kier molecular flexibility index (Phi) is 5.38. The van der Waals surface area contributed by atoms with Crippen LogP contribution in [0, 0.1) is 5.92 Å². The van der Waals surface area contributed by atoms with E-state index in [4.69, 9.17) is 9.97 Å². The van der Waals surface area contributed by atoms with E-state index in [0.29, 0.717) is 34.3 Å². The van der Waals surface area contributed by atoms with Crippen molar-refractivity contribution in [3.8, 4) is 0 Å². The highest BCUT2D eigenvalue weighted by atomic mass is 32.1. The first-order valence-corrected chi connectivity index (χ1v) is 12.7. The van der Waals surface area contributed by atoms with Gasteiger partial charge < -0.3 is 14.8 Å². The summed E-state index contributed by atoms with van der Waals surface area (Å²) in [5.41, 5.74) is 2.65. The lowest BCUT2D eigenvalue weighted by atomic mass is 9.96. The Morgan fingerprint density at radius 2 is 1.80 bits per heavy atom. The van der Waals surface area contributed by atoms with Crippen LogP contribution in [0.1, 0.15) is 24.1 Å². The Balaban J connectivity index is 1.48. The highest BCUT2D eigenvalue weighted by Gasteiger charge is 2.36. The number of piperidine rings is 1. The molecule has 178 valence electrons. The summed E-state index contributed by atoms with van der Waals surface area (Å²) in [5.74, 6) is 0.436. The fourth-order valence-electron chi connectivity index (χ4n) is 5.22. The van der Waals surface area contributed by atoms with Gasteiger partial charge in [0.25, 0.3) is 11.8 Å². The third-order valence-electron chi connectivity index (χ3n) is 6.85. The number of H-pyrrole nitrogens is 1. The number of para-hydroxylation sites is 1. The number of imide groups is 1. The number of aromatic nitrogens is 3. The molecule has 1 saturated heterocycles. The molecule has 1 fully saturated rings. The summed E-state index contributed by atoms with van der Waals surface area (Å²) in [6.07, 6.45) is 3.93. The second-order valence-electron chi connectivity index (χ2n) is 9.48. The van der Waals surface area contributed by atoms with Crippen molar-refractivity contribution in [3.05, 3.63) is 53.2 Å². The van der Waals surface area contributed by atoms with Gasteiger partial charge in [-0.1, -0.05) is 18.2 Å². The summed E-state index contributed by atoms with van der Waals surface area (Å²) in [4.78, 5) is 44.6. The molecule has 9 heteroatoms. The summed E-state index contributed by atoms with van der Waals surface area (Å²) >= 11 is 1.56. The van der Waals surface area contributed by atoms with Crippen LogP contribution in [-0.2, 0) is 9.59 Å². The summed E-state index contributed by atoms with van der Waals surface area (Å²) in [6.45, 7) is 2.80. The summed E-state index contributed by atoms with van der Waals surface area (Å²) < 4.78 is 0. The topological polar surface area (TPSA) is 94.2 Å². The molecule has 8 nitrogen and oxygen atoms in total. The fourth-order valence-corrected chi connectivity index (χ4v) is 5.99. The number of hydrogen-bond donors (Lipinski definition) is 2. The van der Waals surface area contributed by atoms with Crippen molar-refractivity contribution >= 4 is 61.4 Å². The molecule has 0 unspecified atom stereocenters. The molecule has 2 aliphatic heterocycles. The zero-order chi connectivity index (χ0) is 24.1. The number of hydrogen-bond acceptors (Lipinski definition) is 7. The standard InChI is InChI=1S/C26H26N6O2S/c1-31(2)14-15-7-10-32(11-8-15)26-28-19-6-4-3-5-17(19)22(29-26)21-20(23(33)30-24(21)34)18-13-27-25-16(18)9-12-35-25/h3-6,9,12-13,15,27H,7-8,10-11,14H2,1-2H3,(H,30,33,34). The second-order valence-corrected chi connectivity index (χ2v) is 10.4. The maximum atomic E-state index is 13.2. The van der Waals surface area contributed by atoms with Gasteiger partial charge in [-0.2, -0.15) is 0 Å². The minimum absolute atomic E-state index is 0.310. The smallest absolute Gasteiger partial charge is 0.261 e. The lowest BCUT2D eigenvalue weighted by molar-refractivity contribution is -0.122. The van der Waals surface area contributed by atoms with Gasteiger partial charge in [-0.05, 0) is 50.4 Å². The molecule has 3 aromatic heterocycles. The Bertz CT molecular complexity index is 1490. The Hall–Kier alpha value is -3.56. The van der Waals surface area contributed by atoms with E-state index in [2.05, 4.69) is 34.2 Å². The number of amides is 2. The molecule has 6 rings (SSSR count). The van der Waals surface area contributed by atoms with Crippen molar-refractivity contribution in [2.24, 2.45) is 5.92 Å². The number of rotatable bonds is 5. The first kappa shape index (κ1) is 21.9. The molecule has 0 spiro atoms. The highest BCUT2D eigenvalue weighted by molar-refractivity contribution is 7.16. The summed E-state index contributed by atoms with van der Waals surface area (Å²) in [5, 5.41) is 6.16. The number of benzene rings is 1. The van der Waals surface area contributed by atoms with Gasteiger partial charge in [0.1, 0.15) is 4.83 Å². The number of carbonyl (C=O) groups excluding carboxylic acids is 2. The lowest BCUT2D eigenvalue weighted by Crippen LogP contribution is -2.38. The van der Waals surface area contributed by atoms with E-state index >= 15 is 0 Å². The quantitative estimate of drug-likeness (QED) is 0.419. The van der Waals surface area contributed by atoms with Crippen LogP contribution in [0.4, 0.5) is 5.95 Å². The van der Waals surface area contributed by atoms with Crippen LogP contribution in [0.25, 0.3) is 32.3 Å². The molecule has 0 saturated carbocycles. The van der Waals surface area contributed by atoms with Crippen LogP contribution in [0.15, 0.2) is 41.9 Å². The molecular weight excluding hydrogens is 460 g/mol. The number of anilines is 1. The minimum atomic E-state index is -0.422. The van der Waals surface area contributed by atoms with E-state index in [1.54, 1.807) is 17.5 Å². The third kappa shape index (κ3) is 3.81. The molecule has 2 amide bonds. The number of aromatic amines is 1. The first-order valence-electron chi connectivity index (χ1n) is 11.8. The zero-order valence-corrected chi connectivity index (χ0v) is 20.5. The molecule has 2 N–H and O–H groups in total. The van der Waals surface area contributed by atoms with Crippen LogP contribution < -0.4 is 10.2 Å². The van der Waals surface area contributed by atoms with Gasteiger partial charge >= 0.3 is 0 Å². The van der Waals surface area contributed by atoms with Gasteiger partial charge in [0.2, 0.25) is 5.95 Å².